The van der Waals surface area contributed by atoms with Crippen molar-refractivity contribution in [1.82, 2.24) is 0 Å². The summed E-state index contributed by atoms with van der Waals surface area (Å²) >= 11 is 8.31. The Bertz CT molecular complexity index is 557. The smallest absolute Gasteiger partial charge is 0.126 e. The topological polar surface area (TPSA) is 0 Å². The molecule has 4 heteroatoms. The summed E-state index contributed by atoms with van der Waals surface area (Å²) in [4.78, 5) is 0. The predicted molar refractivity (Wildman–Crippen MR) is 77.8 cm³/mol. The summed E-state index contributed by atoms with van der Waals surface area (Å²) in [6.07, 6.45) is 0.385. The quantitative estimate of drug-likeness (QED) is 0.515. The molecule has 0 aromatic heterocycles. The van der Waals surface area contributed by atoms with Crippen molar-refractivity contribution < 1.29 is 8.78 Å². The van der Waals surface area contributed by atoms with Crippen molar-refractivity contribution in [2.45, 2.75) is 11.8 Å². The Balaban J connectivity index is 2.22. The van der Waals surface area contributed by atoms with Gasteiger partial charge in [-0.2, -0.15) is 0 Å². The normalized spacial score (nSPS) is 12.4. The average Bonchev–Trinajstić information content (AvgIpc) is 2.32. The molecule has 0 fully saturated rings. The minimum Gasteiger partial charge on any atom is -0.207 e. The second kappa shape index (κ2) is 5.97. The zero-order valence-corrected chi connectivity index (χ0v) is 12.3. The van der Waals surface area contributed by atoms with Crippen LogP contribution < -0.4 is 0 Å². The van der Waals surface area contributed by atoms with Gasteiger partial charge in [-0.15, -0.1) is 11.6 Å². The van der Waals surface area contributed by atoms with Crippen LogP contribution in [0.25, 0.3) is 0 Å². The maximum atomic E-state index is 13.5. The zero-order chi connectivity index (χ0) is 13.1. The minimum atomic E-state index is -0.366. The summed E-state index contributed by atoms with van der Waals surface area (Å²) < 4.78 is 27.3. The fraction of sp³-hybridized carbons (Fsp3) is 0.143. The molecule has 2 rings (SSSR count). The lowest BCUT2D eigenvalue weighted by atomic mass is 10.0. The first-order valence-corrected chi connectivity index (χ1v) is 6.92. The number of alkyl halides is 1. The fourth-order valence-corrected chi connectivity index (χ4v) is 3.12. The van der Waals surface area contributed by atoms with Crippen molar-refractivity contribution in [2.24, 2.45) is 0 Å². The van der Waals surface area contributed by atoms with Gasteiger partial charge in [0.25, 0.3) is 0 Å². The van der Waals surface area contributed by atoms with Crippen LogP contribution >= 0.6 is 34.2 Å². The van der Waals surface area contributed by atoms with Gasteiger partial charge in [0.05, 0.1) is 5.38 Å². The van der Waals surface area contributed by atoms with E-state index in [4.69, 9.17) is 11.6 Å². The van der Waals surface area contributed by atoms with Gasteiger partial charge in [0.15, 0.2) is 0 Å². The molecular formula is C14H10ClF2I. The van der Waals surface area contributed by atoms with E-state index in [0.29, 0.717) is 12.0 Å². The first kappa shape index (κ1) is 13.7. The summed E-state index contributed by atoms with van der Waals surface area (Å²) in [7, 11) is 0. The van der Waals surface area contributed by atoms with Gasteiger partial charge in [-0.25, -0.2) is 8.78 Å². The van der Waals surface area contributed by atoms with Crippen molar-refractivity contribution in [3.8, 4) is 0 Å². The molecule has 0 amide bonds. The van der Waals surface area contributed by atoms with Crippen molar-refractivity contribution in [2.75, 3.05) is 0 Å². The molecule has 0 N–H and O–H groups in total. The summed E-state index contributed by atoms with van der Waals surface area (Å²) in [5, 5.41) is -0.366. The fourth-order valence-electron chi connectivity index (χ4n) is 1.72. The molecule has 0 heterocycles. The summed E-state index contributed by atoms with van der Waals surface area (Å²) in [5.74, 6) is -0.557. The van der Waals surface area contributed by atoms with Crippen molar-refractivity contribution in [1.29, 1.82) is 0 Å². The van der Waals surface area contributed by atoms with Gasteiger partial charge in [-0.1, -0.05) is 24.3 Å². The van der Waals surface area contributed by atoms with Crippen LogP contribution in [0.3, 0.4) is 0 Å². The highest BCUT2D eigenvalue weighted by molar-refractivity contribution is 14.1. The van der Waals surface area contributed by atoms with Gasteiger partial charge in [-0.3, -0.25) is 0 Å². The van der Waals surface area contributed by atoms with Crippen LogP contribution in [0.15, 0.2) is 42.5 Å². The molecule has 0 aliphatic rings. The van der Waals surface area contributed by atoms with Crippen LogP contribution in [0.4, 0.5) is 8.78 Å². The molecule has 0 spiro atoms. The van der Waals surface area contributed by atoms with E-state index in [2.05, 4.69) is 0 Å². The molecule has 18 heavy (non-hydrogen) atoms. The van der Waals surface area contributed by atoms with Gasteiger partial charge in [0.2, 0.25) is 0 Å². The monoisotopic (exact) mass is 378 g/mol. The third kappa shape index (κ3) is 3.20. The largest absolute Gasteiger partial charge is 0.207 e. The molecule has 0 saturated carbocycles. The van der Waals surface area contributed by atoms with Gasteiger partial charge < -0.3 is 0 Å². The van der Waals surface area contributed by atoms with E-state index in [-0.39, 0.29) is 17.0 Å². The Kier molecular flexibility index (Phi) is 4.56. The average molecular weight is 379 g/mol. The van der Waals surface area contributed by atoms with Crippen molar-refractivity contribution in [3.05, 3.63) is 68.8 Å². The first-order chi connectivity index (χ1) is 8.58. The van der Waals surface area contributed by atoms with Gasteiger partial charge >= 0.3 is 0 Å². The number of benzene rings is 2. The van der Waals surface area contributed by atoms with E-state index in [0.717, 1.165) is 9.13 Å². The van der Waals surface area contributed by atoms with Crippen LogP contribution in [0.2, 0.25) is 0 Å². The summed E-state index contributed by atoms with van der Waals surface area (Å²) in [6.45, 7) is 0. The molecule has 0 radical (unpaired) electrons. The second-order valence-corrected chi connectivity index (χ2v) is 5.62. The van der Waals surface area contributed by atoms with E-state index in [1.165, 1.54) is 18.2 Å². The summed E-state index contributed by atoms with van der Waals surface area (Å²) in [6, 6.07) is 11.0. The Labute approximate surface area is 123 Å². The highest BCUT2D eigenvalue weighted by Crippen LogP contribution is 2.29. The molecule has 0 saturated heterocycles. The zero-order valence-electron chi connectivity index (χ0n) is 9.34. The lowest BCUT2D eigenvalue weighted by molar-refractivity contribution is 0.606. The number of halogens is 4. The molecule has 0 bridgehead atoms. The van der Waals surface area contributed by atoms with Crippen LogP contribution in [-0.2, 0) is 6.42 Å². The highest BCUT2D eigenvalue weighted by atomic mass is 127. The standard InChI is InChI=1S/C14H10ClF2I/c15-12(7-9-3-1-2-4-13(9)17)11-6-5-10(16)8-14(11)18/h1-6,8,12H,7H2. The van der Waals surface area contributed by atoms with Crippen molar-refractivity contribution in [3.63, 3.8) is 0 Å². The molecule has 0 aliphatic carbocycles. The van der Waals surface area contributed by atoms with E-state index in [1.807, 2.05) is 22.6 Å². The van der Waals surface area contributed by atoms with Crippen LogP contribution in [0, 0.1) is 15.2 Å². The van der Waals surface area contributed by atoms with Crippen LogP contribution in [0.1, 0.15) is 16.5 Å². The maximum Gasteiger partial charge on any atom is 0.126 e. The third-order valence-corrected chi connectivity index (χ3v) is 3.98. The summed E-state index contributed by atoms with van der Waals surface area (Å²) in [5.41, 5.74) is 1.39. The molecule has 94 valence electrons. The molecule has 0 aliphatic heterocycles. The SMILES string of the molecule is Fc1ccc(C(Cl)Cc2ccccc2F)c(I)c1. The van der Waals surface area contributed by atoms with E-state index in [1.54, 1.807) is 24.3 Å². The molecule has 1 atom stereocenters. The van der Waals surface area contributed by atoms with Crippen LogP contribution in [-0.4, -0.2) is 0 Å². The first-order valence-electron chi connectivity index (χ1n) is 5.40. The minimum absolute atomic E-state index is 0.264. The molecule has 2 aromatic rings. The third-order valence-electron chi connectivity index (χ3n) is 2.66. The number of hydrogen-bond donors (Lipinski definition) is 0. The van der Waals surface area contributed by atoms with E-state index < -0.39 is 0 Å². The van der Waals surface area contributed by atoms with E-state index >= 15 is 0 Å². The second-order valence-electron chi connectivity index (χ2n) is 3.93. The maximum absolute atomic E-state index is 13.5. The Morgan fingerprint density at radius 1 is 1.11 bits per heavy atom. The molecule has 0 nitrogen and oxygen atoms in total. The predicted octanol–water partition coefficient (Wildman–Crippen LogP) is 5.09. The van der Waals surface area contributed by atoms with Crippen molar-refractivity contribution >= 4 is 34.2 Å². The Morgan fingerprint density at radius 3 is 2.50 bits per heavy atom. The lowest BCUT2D eigenvalue weighted by Crippen LogP contribution is -2.00. The highest BCUT2D eigenvalue weighted by Gasteiger charge is 2.14. The van der Waals surface area contributed by atoms with Gasteiger partial charge in [0.1, 0.15) is 11.6 Å². The molecular weight excluding hydrogens is 369 g/mol. The van der Waals surface area contributed by atoms with E-state index in [9.17, 15) is 8.78 Å². The lowest BCUT2D eigenvalue weighted by Gasteiger charge is -2.12. The number of hydrogen-bond acceptors (Lipinski definition) is 0. The van der Waals surface area contributed by atoms with Gasteiger partial charge in [-0.05, 0) is 58.3 Å². The van der Waals surface area contributed by atoms with Crippen LogP contribution in [0.5, 0.6) is 0 Å². The molecule has 1 unspecified atom stereocenters. The number of rotatable bonds is 3. The van der Waals surface area contributed by atoms with Gasteiger partial charge in [0, 0.05) is 3.57 Å². The Hall–Kier alpha value is -0.680. The molecule has 2 aromatic carbocycles. The Morgan fingerprint density at radius 2 is 1.83 bits per heavy atom.